The molecule has 0 unspecified atom stereocenters. The van der Waals surface area contributed by atoms with Gasteiger partial charge in [-0.1, -0.05) is 31.5 Å². The van der Waals surface area contributed by atoms with E-state index in [4.69, 9.17) is 10.5 Å². The van der Waals surface area contributed by atoms with Crippen LogP contribution in [0.1, 0.15) is 30.1 Å². The first-order valence-corrected chi connectivity index (χ1v) is 7.24. The maximum Gasteiger partial charge on any atom is 0.340 e. The van der Waals surface area contributed by atoms with Crippen molar-refractivity contribution in [3.63, 3.8) is 0 Å². The van der Waals surface area contributed by atoms with Crippen LogP contribution in [-0.2, 0) is 4.74 Å². The van der Waals surface area contributed by atoms with Gasteiger partial charge >= 0.3 is 5.97 Å². The van der Waals surface area contributed by atoms with E-state index in [9.17, 15) is 4.79 Å². The van der Waals surface area contributed by atoms with Crippen LogP contribution in [-0.4, -0.2) is 12.6 Å². The number of hydrogen-bond donors (Lipinski definition) is 1. The van der Waals surface area contributed by atoms with Gasteiger partial charge in [-0.3, -0.25) is 0 Å². The van der Waals surface area contributed by atoms with Gasteiger partial charge in [0.1, 0.15) is 5.69 Å². The van der Waals surface area contributed by atoms with Gasteiger partial charge in [0.15, 0.2) is 0 Å². The lowest BCUT2D eigenvalue weighted by atomic mass is 10.1. The van der Waals surface area contributed by atoms with E-state index >= 15 is 0 Å². The van der Waals surface area contributed by atoms with Crippen molar-refractivity contribution in [1.82, 2.24) is 0 Å². The summed E-state index contributed by atoms with van der Waals surface area (Å²) in [6.45, 7) is 2.44. The van der Waals surface area contributed by atoms with Crippen LogP contribution >= 0.6 is 0 Å². The van der Waals surface area contributed by atoms with Crippen molar-refractivity contribution < 1.29 is 9.53 Å². The largest absolute Gasteiger partial charge is 0.462 e. The topological polar surface area (TPSA) is 77.0 Å². The minimum atomic E-state index is -0.407. The Bertz CT molecular complexity index is 654. The molecule has 0 saturated carbocycles. The van der Waals surface area contributed by atoms with Crippen molar-refractivity contribution in [3.8, 4) is 0 Å². The summed E-state index contributed by atoms with van der Waals surface area (Å²) in [7, 11) is 0. The van der Waals surface area contributed by atoms with Crippen LogP contribution in [0.2, 0.25) is 0 Å². The normalized spacial score (nSPS) is 10.8. The van der Waals surface area contributed by atoms with E-state index in [2.05, 4.69) is 10.2 Å². The van der Waals surface area contributed by atoms with Crippen molar-refractivity contribution in [1.29, 1.82) is 0 Å². The molecule has 2 rings (SSSR count). The van der Waals surface area contributed by atoms with E-state index in [-0.39, 0.29) is 0 Å². The highest BCUT2D eigenvalue weighted by Gasteiger charge is 2.13. The lowest BCUT2D eigenvalue weighted by Gasteiger charge is -2.06. The Morgan fingerprint density at radius 2 is 1.91 bits per heavy atom. The fraction of sp³-hybridized carbons (Fsp3) is 0.235. The molecule has 2 aromatic rings. The number of carbonyl (C=O) groups is 1. The van der Waals surface area contributed by atoms with Gasteiger partial charge in [-0.15, -0.1) is 5.11 Å². The summed E-state index contributed by atoms with van der Waals surface area (Å²) < 4.78 is 5.22. The molecule has 5 heteroatoms. The van der Waals surface area contributed by atoms with E-state index in [1.807, 2.05) is 37.3 Å². The molecule has 0 heterocycles. The summed E-state index contributed by atoms with van der Waals surface area (Å²) >= 11 is 0. The molecule has 0 aliphatic carbocycles. The van der Waals surface area contributed by atoms with Gasteiger partial charge in [-0.25, -0.2) is 4.79 Å². The van der Waals surface area contributed by atoms with Gasteiger partial charge in [0.25, 0.3) is 0 Å². The maximum absolute atomic E-state index is 12.1. The molecule has 0 aromatic heterocycles. The number of nitrogen functional groups attached to an aromatic ring is 1. The Morgan fingerprint density at radius 1 is 1.14 bits per heavy atom. The zero-order valence-electron chi connectivity index (χ0n) is 12.5. The first-order valence-electron chi connectivity index (χ1n) is 7.24. The highest BCUT2D eigenvalue weighted by molar-refractivity contribution is 5.95. The Labute approximate surface area is 129 Å². The minimum Gasteiger partial charge on any atom is -0.462 e. The summed E-state index contributed by atoms with van der Waals surface area (Å²) in [5.74, 6) is -0.407. The number of rotatable bonds is 6. The van der Waals surface area contributed by atoms with Gasteiger partial charge in [-0.05, 0) is 36.8 Å². The molecule has 5 nitrogen and oxygen atoms in total. The van der Waals surface area contributed by atoms with Gasteiger partial charge in [-0.2, -0.15) is 5.11 Å². The van der Waals surface area contributed by atoms with E-state index in [1.54, 1.807) is 18.2 Å². The summed E-state index contributed by atoms with van der Waals surface area (Å²) in [5.41, 5.74) is 7.76. The average Bonchev–Trinajstić information content (AvgIpc) is 2.54. The van der Waals surface area contributed by atoms with E-state index in [1.165, 1.54) is 0 Å². The number of carbonyl (C=O) groups excluding carboxylic acids is 1. The molecular formula is C17H19N3O2. The lowest BCUT2D eigenvalue weighted by molar-refractivity contribution is 0.0500. The van der Waals surface area contributed by atoms with Crippen molar-refractivity contribution in [2.75, 3.05) is 12.3 Å². The number of hydrogen-bond acceptors (Lipinski definition) is 5. The lowest BCUT2D eigenvalue weighted by Crippen LogP contribution is -2.06. The standard InChI is InChI=1S/C17H19N3O2/c1-2-3-11-22-17(21)15-10-9-13(18)12-16(15)20-19-14-7-5-4-6-8-14/h4-10,12H,2-3,11,18H2,1H3. The van der Waals surface area contributed by atoms with Gasteiger partial charge in [0.2, 0.25) is 0 Å². The van der Waals surface area contributed by atoms with Crippen molar-refractivity contribution >= 4 is 23.0 Å². The molecule has 0 bridgehead atoms. The van der Waals surface area contributed by atoms with Crippen LogP contribution in [0.4, 0.5) is 17.1 Å². The summed E-state index contributed by atoms with van der Waals surface area (Å²) in [6, 6.07) is 14.2. The molecule has 0 radical (unpaired) electrons. The first-order chi connectivity index (χ1) is 10.7. The van der Waals surface area contributed by atoms with E-state index in [0.717, 1.165) is 12.8 Å². The van der Waals surface area contributed by atoms with Crippen LogP contribution < -0.4 is 5.73 Å². The van der Waals surface area contributed by atoms with Crippen molar-refractivity contribution in [2.24, 2.45) is 10.2 Å². The smallest absolute Gasteiger partial charge is 0.340 e. The predicted molar refractivity (Wildman–Crippen MR) is 86.7 cm³/mol. The highest BCUT2D eigenvalue weighted by Crippen LogP contribution is 2.25. The zero-order chi connectivity index (χ0) is 15.8. The van der Waals surface area contributed by atoms with Crippen molar-refractivity contribution in [3.05, 3.63) is 54.1 Å². The molecule has 0 fully saturated rings. The summed E-state index contributed by atoms with van der Waals surface area (Å²) in [5, 5.41) is 8.25. The minimum absolute atomic E-state index is 0.366. The third-order valence-corrected chi connectivity index (χ3v) is 3.00. The zero-order valence-corrected chi connectivity index (χ0v) is 12.5. The Kier molecular flexibility index (Phi) is 5.65. The van der Waals surface area contributed by atoms with Gasteiger partial charge in [0.05, 0.1) is 17.9 Å². The molecule has 0 aliphatic rings. The number of anilines is 1. The Hall–Kier alpha value is -2.69. The van der Waals surface area contributed by atoms with E-state index < -0.39 is 5.97 Å². The fourth-order valence-electron chi connectivity index (χ4n) is 1.80. The highest BCUT2D eigenvalue weighted by atomic mass is 16.5. The third kappa shape index (κ3) is 4.41. The predicted octanol–water partition coefficient (Wildman–Crippen LogP) is 4.64. The molecule has 0 amide bonds. The van der Waals surface area contributed by atoms with Crippen LogP contribution in [0.15, 0.2) is 58.8 Å². The fourth-order valence-corrected chi connectivity index (χ4v) is 1.80. The second kappa shape index (κ2) is 7.93. The molecule has 0 atom stereocenters. The molecule has 0 saturated heterocycles. The number of ether oxygens (including phenoxy) is 1. The first kappa shape index (κ1) is 15.7. The molecular weight excluding hydrogens is 278 g/mol. The number of benzene rings is 2. The number of nitrogens with two attached hydrogens (primary N) is 1. The van der Waals surface area contributed by atoms with Crippen LogP contribution in [0.25, 0.3) is 0 Å². The SMILES string of the molecule is CCCCOC(=O)c1ccc(N)cc1N=Nc1ccccc1. The van der Waals surface area contributed by atoms with Crippen LogP contribution in [0.3, 0.4) is 0 Å². The molecule has 0 spiro atoms. The third-order valence-electron chi connectivity index (χ3n) is 3.00. The molecule has 114 valence electrons. The van der Waals surface area contributed by atoms with Crippen molar-refractivity contribution in [2.45, 2.75) is 19.8 Å². The monoisotopic (exact) mass is 297 g/mol. The van der Waals surface area contributed by atoms with Crippen LogP contribution in [0, 0.1) is 0 Å². The molecule has 22 heavy (non-hydrogen) atoms. The van der Waals surface area contributed by atoms with Crippen LogP contribution in [0.5, 0.6) is 0 Å². The molecule has 0 aliphatic heterocycles. The summed E-state index contributed by atoms with van der Waals surface area (Å²) in [6.07, 6.45) is 1.80. The molecule has 2 aromatic carbocycles. The molecule has 2 N–H and O–H groups in total. The quantitative estimate of drug-likeness (QED) is 0.365. The number of azo groups is 1. The second-order valence-electron chi connectivity index (χ2n) is 4.80. The number of unbranched alkanes of at least 4 members (excludes halogenated alkanes) is 1. The second-order valence-corrected chi connectivity index (χ2v) is 4.80. The maximum atomic E-state index is 12.1. The Balaban J connectivity index is 2.20. The van der Waals surface area contributed by atoms with Gasteiger partial charge in [0, 0.05) is 5.69 Å². The van der Waals surface area contributed by atoms with E-state index in [0.29, 0.717) is 29.2 Å². The number of esters is 1. The Morgan fingerprint density at radius 3 is 2.64 bits per heavy atom. The average molecular weight is 297 g/mol. The van der Waals surface area contributed by atoms with Gasteiger partial charge < -0.3 is 10.5 Å². The summed E-state index contributed by atoms with van der Waals surface area (Å²) in [4.78, 5) is 12.1. The number of nitrogens with zero attached hydrogens (tertiary/aromatic N) is 2.